The quantitative estimate of drug-likeness (QED) is 0.565. The van der Waals surface area contributed by atoms with Crippen LogP contribution in [-0.4, -0.2) is 0 Å². The normalized spacial score (nSPS) is 15.8. The first kappa shape index (κ1) is 10.8. The topological polar surface area (TPSA) is 0 Å². The third-order valence-electron chi connectivity index (χ3n) is 4.34. The van der Waals surface area contributed by atoms with Gasteiger partial charge in [-0.15, -0.1) is 0 Å². The van der Waals surface area contributed by atoms with Gasteiger partial charge in [-0.3, -0.25) is 0 Å². The van der Waals surface area contributed by atoms with Crippen molar-refractivity contribution in [2.24, 2.45) is 0 Å². The molecule has 4 rings (SSSR count). The van der Waals surface area contributed by atoms with E-state index in [0.717, 1.165) is 12.8 Å². The molecule has 0 spiro atoms. The predicted octanol–water partition coefficient (Wildman–Crippen LogP) is 4.99. The standard InChI is InChI=1S/C19H16/c1-13-6-4-9-15(13)17-10-5-11-18-16-8-3-2-7-14(16)12-19(17)18/h2-8,10-11H,9,12H2,1H3. The van der Waals surface area contributed by atoms with Crippen LogP contribution in [0.15, 0.2) is 60.2 Å². The molecule has 2 aromatic rings. The maximum Gasteiger partial charge on any atom is -0.000740 e. The molecule has 0 nitrogen and oxygen atoms in total. The van der Waals surface area contributed by atoms with Gasteiger partial charge in [0.1, 0.15) is 0 Å². The molecule has 0 fully saturated rings. The molecule has 0 saturated carbocycles. The molecule has 0 atom stereocenters. The highest BCUT2D eigenvalue weighted by Crippen LogP contribution is 2.42. The van der Waals surface area contributed by atoms with Crippen molar-refractivity contribution >= 4 is 5.57 Å². The van der Waals surface area contributed by atoms with E-state index in [0.29, 0.717) is 0 Å². The van der Waals surface area contributed by atoms with E-state index in [4.69, 9.17) is 0 Å². The van der Waals surface area contributed by atoms with Gasteiger partial charge in [-0.2, -0.15) is 0 Å². The van der Waals surface area contributed by atoms with E-state index in [9.17, 15) is 0 Å². The molecule has 0 heterocycles. The first-order valence-corrected chi connectivity index (χ1v) is 6.91. The minimum Gasteiger partial charge on any atom is -0.0798 e. The molecule has 19 heavy (non-hydrogen) atoms. The van der Waals surface area contributed by atoms with Crippen molar-refractivity contribution in [2.45, 2.75) is 19.8 Å². The molecule has 2 aliphatic carbocycles. The summed E-state index contributed by atoms with van der Waals surface area (Å²) in [5, 5.41) is 0. The van der Waals surface area contributed by atoms with Crippen LogP contribution in [-0.2, 0) is 6.42 Å². The average Bonchev–Trinajstić information content (AvgIpc) is 3.02. The predicted molar refractivity (Wildman–Crippen MR) is 81.0 cm³/mol. The summed E-state index contributed by atoms with van der Waals surface area (Å²) in [6.07, 6.45) is 6.68. The summed E-state index contributed by atoms with van der Waals surface area (Å²) in [4.78, 5) is 0. The Labute approximate surface area is 114 Å². The van der Waals surface area contributed by atoms with Crippen LogP contribution in [0.5, 0.6) is 0 Å². The third kappa shape index (κ3) is 1.53. The van der Waals surface area contributed by atoms with Crippen molar-refractivity contribution < 1.29 is 0 Å². The molecule has 0 heteroatoms. The number of hydrogen-bond acceptors (Lipinski definition) is 0. The van der Waals surface area contributed by atoms with Crippen molar-refractivity contribution in [1.29, 1.82) is 0 Å². The Bertz CT molecular complexity index is 729. The highest BCUT2D eigenvalue weighted by Gasteiger charge is 2.22. The zero-order chi connectivity index (χ0) is 12.8. The second-order valence-corrected chi connectivity index (χ2v) is 5.43. The van der Waals surface area contributed by atoms with E-state index >= 15 is 0 Å². The van der Waals surface area contributed by atoms with Crippen molar-refractivity contribution in [2.75, 3.05) is 0 Å². The second kappa shape index (κ2) is 3.96. The molecule has 0 bridgehead atoms. The number of hydrogen-bond donors (Lipinski definition) is 0. The van der Waals surface area contributed by atoms with Crippen LogP contribution in [0.1, 0.15) is 30.0 Å². The van der Waals surface area contributed by atoms with E-state index in [-0.39, 0.29) is 0 Å². The van der Waals surface area contributed by atoms with E-state index in [1.54, 1.807) is 0 Å². The molecule has 0 radical (unpaired) electrons. The lowest BCUT2D eigenvalue weighted by Gasteiger charge is -2.11. The Morgan fingerprint density at radius 3 is 2.47 bits per heavy atom. The van der Waals surface area contributed by atoms with Crippen molar-refractivity contribution in [1.82, 2.24) is 0 Å². The van der Waals surface area contributed by atoms with Crippen LogP contribution in [0.4, 0.5) is 0 Å². The molecule has 2 aromatic carbocycles. The van der Waals surface area contributed by atoms with Gasteiger partial charge in [-0.05, 0) is 58.7 Å². The highest BCUT2D eigenvalue weighted by molar-refractivity contribution is 5.85. The number of allylic oxidation sites excluding steroid dienone is 4. The van der Waals surface area contributed by atoms with E-state index in [2.05, 4.69) is 61.5 Å². The molecule has 0 aliphatic heterocycles. The zero-order valence-electron chi connectivity index (χ0n) is 11.1. The molecule has 2 aliphatic rings. The van der Waals surface area contributed by atoms with Gasteiger partial charge >= 0.3 is 0 Å². The van der Waals surface area contributed by atoms with Gasteiger partial charge in [0.25, 0.3) is 0 Å². The van der Waals surface area contributed by atoms with Gasteiger partial charge in [-0.25, -0.2) is 0 Å². The van der Waals surface area contributed by atoms with Gasteiger partial charge in [0.05, 0.1) is 0 Å². The van der Waals surface area contributed by atoms with Crippen molar-refractivity contribution in [3.8, 4) is 11.1 Å². The molecule has 0 amide bonds. The fraction of sp³-hybridized carbons (Fsp3) is 0.158. The minimum absolute atomic E-state index is 1.08. The van der Waals surface area contributed by atoms with Crippen LogP contribution in [0, 0.1) is 0 Å². The van der Waals surface area contributed by atoms with Gasteiger partial charge < -0.3 is 0 Å². The maximum atomic E-state index is 2.29. The fourth-order valence-corrected chi connectivity index (χ4v) is 3.38. The summed E-state index contributed by atoms with van der Waals surface area (Å²) < 4.78 is 0. The van der Waals surface area contributed by atoms with Gasteiger partial charge in [0.2, 0.25) is 0 Å². The van der Waals surface area contributed by atoms with Crippen LogP contribution < -0.4 is 0 Å². The summed E-state index contributed by atoms with van der Waals surface area (Å²) >= 11 is 0. The molecular weight excluding hydrogens is 228 g/mol. The SMILES string of the molecule is CC1=C(c2cccc3c2Cc2ccccc2-3)CC=C1. The Morgan fingerprint density at radius 1 is 0.842 bits per heavy atom. The molecule has 92 valence electrons. The van der Waals surface area contributed by atoms with Gasteiger partial charge in [-0.1, -0.05) is 54.6 Å². The lowest BCUT2D eigenvalue weighted by Crippen LogP contribution is -1.92. The summed E-state index contributed by atoms with van der Waals surface area (Å²) in [6.45, 7) is 2.22. The second-order valence-electron chi connectivity index (χ2n) is 5.43. The Balaban J connectivity index is 1.93. The van der Waals surface area contributed by atoms with Crippen LogP contribution >= 0.6 is 0 Å². The van der Waals surface area contributed by atoms with Gasteiger partial charge in [0.15, 0.2) is 0 Å². The minimum atomic E-state index is 1.08. The van der Waals surface area contributed by atoms with Crippen LogP contribution in [0.25, 0.3) is 16.7 Å². The van der Waals surface area contributed by atoms with Crippen LogP contribution in [0.2, 0.25) is 0 Å². The van der Waals surface area contributed by atoms with Crippen LogP contribution in [0.3, 0.4) is 0 Å². The Morgan fingerprint density at radius 2 is 1.63 bits per heavy atom. The molecule has 0 unspecified atom stereocenters. The number of fused-ring (bicyclic) bond motifs is 3. The maximum absolute atomic E-state index is 2.29. The number of rotatable bonds is 1. The Hall–Kier alpha value is -2.08. The zero-order valence-corrected chi connectivity index (χ0v) is 11.1. The summed E-state index contributed by atoms with van der Waals surface area (Å²) in [5.74, 6) is 0. The van der Waals surface area contributed by atoms with Gasteiger partial charge in [0, 0.05) is 0 Å². The van der Waals surface area contributed by atoms with Crippen molar-refractivity contribution in [3.63, 3.8) is 0 Å². The lowest BCUT2D eigenvalue weighted by atomic mass is 9.93. The molecule has 0 N–H and O–H groups in total. The largest absolute Gasteiger partial charge is 0.0798 e. The Kier molecular flexibility index (Phi) is 2.25. The van der Waals surface area contributed by atoms with E-state index in [1.165, 1.54) is 39.0 Å². The molecule has 0 saturated heterocycles. The summed E-state index contributed by atoms with van der Waals surface area (Å²) in [7, 11) is 0. The lowest BCUT2D eigenvalue weighted by molar-refractivity contribution is 1.23. The highest BCUT2D eigenvalue weighted by atomic mass is 14.3. The van der Waals surface area contributed by atoms with E-state index in [1.807, 2.05) is 0 Å². The first-order valence-electron chi connectivity index (χ1n) is 6.91. The van der Waals surface area contributed by atoms with E-state index < -0.39 is 0 Å². The molecular formula is C19H16. The monoisotopic (exact) mass is 244 g/mol. The van der Waals surface area contributed by atoms with Crippen molar-refractivity contribution in [3.05, 3.63) is 76.9 Å². The fourth-order valence-electron chi connectivity index (χ4n) is 3.38. The summed E-state index contributed by atoms with van der Waals surface area (Å²) in [5.41, 5.74) is 10.2. The third-order valence-corrected chi connectivity index (χ3v) is 4.34. The first-order chi connectivity index (χ1) is 9.34. The smallest absolute Gasteiger partial charge is 0.000740 e. The number of benzene rings is 2. The average molecular weight is 244 g/mol. The summed E-state index contributed by atoms with van der Waals surface area (Å²) in [6, 6.07) is 15.6. The molecule has 0 aromatic heterocycles.